The molecule has 0 saturated heterocycles. The standard InChI is InChI=1S/C9H12N2/c1-7-2-3-8-4-5-10-9(8)11-6-7/h2-3,6-7,10H,4-5H2,1H3. The molecule has 0 aromatic carbocycles. The third-order valence-corrected chi connectivity index (χ3v) is 2.03. The zero-order valence-electron chi connectivity index (χ0n) is 6.67. The maximum absolute atomic E-state index is 4.35. The van der Waals surface area contributed by atoms with Crippen LogP contribution >= 0.6 is 0 Å². The van der Waals surface area contributed by atoms with E-state index in [0.29, 0.717) is 5.92 Å². The molecule has 2 aliphatic heterocycles. The molecular weight excluding hydrogens is 136 g/mol. The monoisotopic (exact) mass is 148 g/mol. The summed E-state index contributed by atoms with van der Waals surface area (Å²) in [6.45, 7) is 3.18. The van der Waals surface area contributed by atoms with Crippen LogP contribution in [-0.2, 0) is 0 Å². The Labute approximate surface area is 66.7 Å². The Balaban J connectivity index is 2.30. The van der Waals surface area contributed by atoms with E-state index in [1.54, 1.807) is 0 Å². The molecule has 0 fully saturated rings. The number of hydrogen-bond donors (Lipinski definition) is 1. The number of rotatable bonds is 0. The second kappa shape index (κ2) is 2.53. The molecule has 0 aromatic rings. The Morgan fingerprint density at radius 1 is 1.64 bits per heavy atom. The van der Waals surface area contributed by atoms with E-state index >= 15 is 0 Å². The number of nitrogens with one attached hydrogen (secondary N) is 1. The molecule has 0 bridgehead atoms. The highest BCUT2D eigenvalue weighted by Gasteiger charge is 2.12. The molecule has 1 unspecified atom stereocenters. The van der Waals surface area contributed by atoms with E-state index in [0.717, 1.165) is 18.8 Å². The van der Waals surface area contributed by atoms with E-state index in [9.17, 15) is 0 Å². The summed E-state index contributed by atoms with van der Waals surface area (Å²) in [6.07, 6.45) is 7.48. The lowest BCUT2D eigenvalue weighted by molar-refractivity contribution is 0.860. The van der Waals surface area contributed by atoms with Crippen molar-refractivity contribution in [3.8, 4) is 0 Å². The lowest BCUT2D eigenvalue weighted by Crippen LogP contribution is -2.05. The summed E-state index contributed by atoms with van der Waals surface area (Å²) in [7, 11) is 0. The average Bonchev–Trinajstić information content (AvgIpc) is 2.38. The van der Waals surface area contributed by atoms with Crippen molar-refractivity contribution < 1.29 is 0 Å². The lowest BCUT2D eigenvalue weighted by Gasteiger charge is -1.95. The van der Waals surface area contributed by atoms with Gasteiger partial charge in [-0.05, 0) is 12.0 Å². The van der Waals surface area contributed by atoms with Gasteiger partial charge in [0.1, 0.15) is 5.82 Å². The van der Waals surface area contributed by atoms with Gasteiger partial charge in [-0.2, -0.15) is 0 Å². The van der Waals surface area contributed by atoms with Gasteiger partial charge in [-0.1, -0.05) is 19.1 Å². The Morgan fingerprint density at radius 2 is 2.55 bits per heavy atom. The highest BCUT2D eigenvalue weighted by atomic mass is 15.0. The third-order valence-electron chi connectivity index (χ3n) is 2.03. The van der Waals surface area contributed by atoms with Crippen molar-refractivity contribution in [2.75, 3.05) is 6.54 Å². The van der Waals surface area contributed by atoms with Crippen molar-refractivity contribution in [2.45, 2.75) is 13.3 Å². The SMILES string of the molecule is CC1C=CC2=C(N=C1)NCC2. The number of hydrogen-bond acceptors (Lipinski definition) is 2. The van der Waals surface area contributed by atoms with E-state index in [4.69, 9.17) is 0 Å². The van der Waals surface area contributed by atoms with Gasteiger partial charge in [0.15, 0.2) is 0 Å². The van der Waals surface area contributed by atoms with Gasteiger partial charge in [0.05, 0.1) is 0 Å². The molecule has 11 heavy (non-hydrogen) atoms. The zero-order chi connectivity index (χ0) is 7.68. The Bertz CT molecular complexity index is 224. The average molecular weight is 148 g/mol. The molecule has 2 rings (SSSR count). The van der Waals surface area contributed by atoms with Crippen LogP contribution in [0.3, 0.4) is 0 Å². The maximum atomic E-state index is 4.35. The van der Waals surface area contributed by atoms with Crippen LogP contribution < -0.4 is 5.32 Å². The first-order valence-corrected chi connectivity index (χ1v) is 4.05. The fraction of sp³-hybridized carbons (Fsp3) is 0.444. The molecule has 1 atom stereocenters. The first-order chi connectivity index (χ1) is 5.36. The molecule has 2 heteroatoms. The molecule has 1 N–H and O–H groups in total. The van der Waals surface area contributed by atoms with Crippen molar-refractivity contribution in [2.24, 2.45) is 10.9 Å². The zero-order valence-corrected chi connectivity index (χ0v) is 6.67. The van der Waals surface area contributed by atoms with Crippen LogP contribution in [0, 0.1) is 5.92 Å². The van der Waals surface area contributed by atoms with E-state index < -0.39 is 0 Å². The summed E-state index contributed by atoms with van der Waals surface area (Å²) in [6, 6.07) is 0. The first kappa shape index (κ1) is 6.65. The lowest BCUT2D eigenvalue weighted by atomic mass is 10.1. The molecule has 0 radical (unpaired) electrons. The molecule has 0 amide bonds. The summed E-state index contributed by atoms with van der Waals surface area (Å²) in [5, 5.41) is 3.25. The molecule has 2 heterocycles. The molecule has 0 saturated carbocycles. The minimum atomic E-state index is 0.474. The predicted molar refractivity (Wildman–Crippen MR) is 46.4 cm³/mol. The van der Waals surface area contributed by atoms with Crippen molar-refractivity contribution >= 4 is 6.21 Å². The molecule has 0 spiro atoms. The van der Waals surface area contributed by atoms with Gasteiger partial charge in [0.2, 0.25) is 0 Å². The topological polar surface area (TPSA) is 24.4 Å². The van der Waals surface area contributed by atoms with Crippen LogP contribution in [0.5, 0.6) is 0 Å². The second-order valence-electron chi connectivity index (χ2n) is 3.05. The van der Waals surface area contributed by atoms with E-state index in [-0.39, 0.29) is 0 Å². The minimum absolute atomic E-state index is 0.474. The Morgan fingerprint density at radius 3 is 3.45 bits per heavy atom. The van der Waals surface area contributed by atoms with Crippen molar-refractivity contribution in [1.29, 1.82) is 0 Å². The highest BCUT2D eigenvalue weighted by Crippen LogP contribution is 2.18. The van der Waals surface area contributed by atoms with Crippen LogP contribution in [0.2, 0.25) is 0 Å². The second-order valence-corrected chi connectivity index (χ2v) is 3.05. The summed E-state index contributed by atoms with van der Waals surface area (Å²) in [4.78, 5) is 4.35. The molecular formula is C9H12N2. The van der Waals surface area contributed by atoms with Gasteiger partial charge in [-0.25, -0.2) is 4.99 Å². The predicted octanol–water partition coefficient (Wildman–Crippen LogP) is 1.47. The van der Waals surface area contributed by atoms with Gasteiger partial charge >= 0.3 is 0 Å². The summed E-state index contributed by atoms with van der Waals surface area (Å²) in [5.41, 5.74) is 1.35. The van der Waals surface area contributed by atoms with Crippen molar-refractivity contribution in [3.63, 3.8) is 0 Å². The molecule has 0 aromatic heterocycles. The molecule has 2 aliphatic rings. The van der Waals surface area contributed by atoms with Gasteiger partial charge in [-0.15, -0.1) is 0 Å². The van der Waals surface area contributed by atoms with E-state index in [1.165, 1.54) is 5.57 Å². The first-order valence-electron chi connectivity index (χ1n) is 4.05. The van der Waals surface area contributed by atoms with Gasteiger partial charge in [0.25, 0.3) is 0 Å². The van der Waals surface area contributed by atoms with Crippen LogP contribution in [0.15, 0.2) is 28.5 Å². The quantitative estimate of drug-likeness (QED) is 0.552. The van der Waals surface area contributed by atoms with Crippen molar-refractivity contribution in [3.05, 3.63) is 23.5 Å². The fourth-order valence-electron chi connectivity index (χ4n) is 1.35. The van der Waals surface area contributed by atoms with Crippen molar-refractivity contribution in [1.82, 2.24) is 5.32 Å². The smallest absolute Gasteiger partial charge is 0.128 e. The molecule has 2 nitrogen and oxygen atoms in total. The minimum Gasteiger partial charge on any atom is -0.370 e. The number of nitrogens with zero attached hydrogens (tertiary/aromatic N) is 1. The van der Waals surface area contributed by atoms with Gasteiger partial charge in [-0.3, -0.25) is 0 Å². The molecule has 0 aliphatic carbocycles. The van der Waals surface area contributed by atoms with Gasteiger partial charge in [0, 0.05) is 18.7 Å². The summed E-state index contributed by atoms with van der Waals surface area (Å²) >= 11 is 0. The van der Waals surface area contributed by atoms with Crippen LogP contribution in [0.25, 0.3) is 0 Å². The summed E-state index contributed by atoms with van der Waals surface area (Å²) in [5.74, 6) is 1.55. The normalized spacial score (nSPS) is 28.3. The Kier molecular flexibility index (Phi) is 1.53. The van der Waals surface area contributed by atoms with Crippen LogP contribution in [0.1, 0.15) is 13.3 Å². The Hall–Kier alpha value is -1.05. The van der Waals surface area contributed by atoms with E-state index in [2.05, 4.69) is 29.4 Å². The number of aliphatic imine (C=N–C) groups is 1. The van der Waals surface area contributed by atoms with E-state index in [1.807, 2.05) is 6.21 Å². The van der Waals surface area contributed by atoms with Crippen LogP contribution in [-0.4, -0.2) is 12.8 Å². The summed E-state index contributed by atoms with van der Waals surface area (Å²) < 4.78 is 0. The largest absolute Gasteiger partial charge is 0.370 e. The fourth-order valence-corrected chi connectivity index (χ4v) is 1.35. The van der Waals surface area contributed by atoms with Gasteiger partial charge < -0.3 is 5.32 Å². The maximum Gasteiger partial charge on any atom is 0.128 e. The highest BCUT2D eigenvalue weighted by molar-refractivity contribution is 5.66. The number of allylic oxidation sites excluding steroid dienone is 2. The third kappa shape index (κ3) is 1.20. The van der Waals surface area contributed by atoms with Crippen LogP contribution in [0.4, 0.5) is 0 Å². The molecule has 58 valence electrons.